The number of piperazine rings is 1. The fourth-order valence-corrected chi connectivity index (χ4v) is 5.58. The lowest BCUT2D eigenvalue weighted by Crippen LogP contribution is -2.51. The van der Waals surface area contributed by atoms with E-state index in [4.69, 9.17) is 0 Å². The summed E-state index contributed by atoms with van der Waals surface area (Å²) in [5.41, 5.74) is 3.33. The molecule has 5 rings (SSSR count). The molecule has 1 saturated heterocycles. The zero-order valence-electron chi connectivity index (χ0n) is 18.5. The molecule has 1 aliphatic heterocycles. The van der Waals surface area contributed by atoms with E-state index in [-0.39, 0.29) is 5.91 Å². The Hall–Kier alpha value is -2.59. The Balaban J connectivity index is 1.32. The quantitative estimate of drug-likeness (QED) is 0.563. The molecule has 2 heterocycles. The Morgan fingerprint density at radius 1 is 0.968 bits per heavy atom. The third-order valence-electron chi connectivity index (χ3n) is 7.32. The molecule has 1 aliphatic carbocycles. The molecule has 0 N–H and O–H groups in total. The van der Waals surface area contributed by atoms with Gasteiger partial charge in [0.1, 0.15) is 0 Å². The third kappa shape index (κ3) is 4.01. The molecule has 3 aromatic rings. The highest BCUT2D eigenvalue weighted by Gasteiger charge is 2.28. The van der Waals surface area contributed by atoms with E-state index >= 15 is 0 Å². The smallest absolute Gasteiger partial charge is 0.253 e. The molecule has 0 radical (unpaired) electrons. The van der Waals surface area contributed by atoms with Gasteiger partial charge in [0.05, 0.1) is 6.04 Å². The number of carbonyl (C=O) groups is 1. The predicted molar refractivity (Wildman–Crippen MR) is 127 cm³/mol. The summed E-state index contributed by atoms with van der Waals surface area (Å²) >= 11 is 0. The van der Waals surface area contributed by atoms with Crippen molar-refractivity contribution >= 4 is 16.8 Å². The van der Waals surface area contributed by atoms with Gasteiger partial charge < -0.3 is 9.47 Å². The maximum absolute atomic E-state index is 13.2. The maximum atomic E-state index is 13.2. The Morgan fingerprint density at radius 2 is 1.71 bits per heavy atom. The molecule has 0 bridgehead atoms. The summed E-state index contributed by atoms with van der Waals surface area (Å²) in [4.78, 5) is 17.8. The minimum Gasteiger partial charge on any atom is -0.340 e. The first-order chi connectivity index (χ1) is 15.2. The van der Waals surface area contributed by atoms with Crippen LogP contribution in [0.2, 0.25) is 0 Å². The molecule has 0 spiro atoms. The molecule has 162 valence electrons. The second-order valence-corrected chi connectivity index (χ2v) is 9.10. The zero-order valence-corrected chi connectivity index (χ0v) is 18.5. The van der Waals surface area contributed by atoms with E-state index < -0.39 is 0 Å². The molecule has 4 heteroatoms. The van der Waals surface area contributed by atoms with Gasteiger partial charge in [-0.1, -0.05) is 50.1 Å². The topological polar surface area (TPSA) is 28.5 Å². The number of carbonyl (C=O) groups excluding carboxylic acids is 1. The van der Waals surface area contributed by atoms with Crippen molar-refractivity contribution in [1.29, 1.82) is 0 Å². The van der Waals surface area contributed by atoms with E-state index in [9.17, 15) is 4.79 Å². The summed E-state index contributed by atoms with van der Waals surface area (Å²) in [6.45, 7) is 5.96. The van der Waals surface area contributed by atoms with Crippen LogP contribution in [0.15, 0.2) is 60.8 Å². The van der Waals surface area contributed by atoms with Crippen molar-refractivity contribution < 1.29 is 4.79 Å². The average Bonchev–Trinajstić information content (AvgIpc) is 3.50. The second-order valence-electron chi connectivity index (χ2n) is 9.10. The van der Waals surface area contributed by atoms with Gasteiger partial charge in [0, 0.05) is 54.9 Å². The minimum atomic E-state index is 0.177. The first-order valence-electron chi connectivity index (χ1n) is 11.9. The highest BCUT2D eigenvalue weighted by Crippen LogP contribution is 2.29. The van der Waals surface area contributed by atoms with Gasteiger partial charge in [0.25, 0.3) is 5.91 Å². The molecular formula is C27H33N3O. The highest BCUT2D eigenvalue weighted by atomic mass is 16.2. The largest absolute Gasteiger partial charge is 0.340 e. The van der Waals surface area contributed by atoms with Gasteiger partial charge in [-0.3, -0.25) is 9.69 Å². The van der Waals surface area contributed by atoms with Crippen molar-refractivity contribution in [2.75, 3.05) is 26.2 Å². The number of amides is 1. The van der Waals surface area contributed by atoms with Crippen LogP contribution in [0.4, 0.5) is 0 Å². The second kappa shape index (κ2) is 8.88. The lowest BCUT2D eigenvalue weighted by Gasteiger charge is -2.38. The van der Waals surface area contributed by atoms with Gasteiger partial charge in [-0.25, -0.2) is 0 Å². The minimum absolute atomic E-state index is 0.177. The Labute approximate surface area is 185 Å². The van der Waals surface area contributed by atoms with Crippen molar-refractivity contribution in [3.05, 3.63) is 71.9 Å². The summed E-state index contributed by atoms with van der Waals surface area (Å²) in [6.07, 6.45) is 8.60. The molecular weight excluding hydrogens is 382 g/mol. The zero-order chi connectivity index (χ0) is 21.2. The molecule has 2 fully saturated rings. The fourth-order valence-electron chi connectivity index (χ4n) is 5.58. The van der Waals surface area contributed by atoms with Crippen LogP contribution in [0, 0.1) is 0 Å². The number of rotatable bonds is 5. The van der Waals surface area contributed by atoms with Crippen molar-refractivity contribution in [2.45, 2.75) is 51.1 Å². The van der Waals surface area contributed by atoms with Gasteiger partial charge >= 0.3 is 0 Å². The number of hydrogen-bond donors (Lipinski definition) is 0. The Kier molecular flexibility index (Phi) is 5.82. The van der Waals surface area contributed by atoms with Crippen LogP contribution in [-0.4, -0.2) is 52.5 Å². The highest BCUT2D eigenvalue weighted by molar-refractivity contribution is 5.98. The van der Waals surface area contributed by atoms with Crippen LogP contribution in [0.1, 0.15) is 61.0 Å². The molecule has 4 nitrogen and oxygen atoms in total. The number of nitrogens with zero attached hydrogens (tertiary/aromatic N) is 3. The van der Waals surface area contributed by atoms with Crippen LogP contribution in [0.3, 0.4) is 0 Å². The Bertz CT molecular complexity index is 1030. The maximum Gasteiger partial charge on any atom is 0.253 e. The summed E-state index contributed by atoms with van der Waals surface area (Å²) in [5.74, 6) is 0.177. The number of hydrogen-bond acceptors (Lipinski definition) is 2. The van der Waals surface area contributed by atoms with Gasteiger partial charge in [-0.2, -0.15) is 0 Å². The van der Waals surface area contributed by atoms with E-state index in [1.165, 1.54) is 36.8 Å². The van der Waals surface area contributed by atoms with Gasteiger partial charge in [-0.05, 0) is 49.1 Å². The first kappa shape index (κ1) is 20.3. The van der Waals surface area contributed by atoms with Gasteiger partial charge in [0.2, 0.25) is 0 Å². The fraction of sp³-hybridized carbons (Fsp3) is 0.444. The van der Waals surface area contributed by atoms with Crippen LogP contribution >= 0.6 is 0 Å². The van der Waals surface area contributed by atoms with Crippen LogP contribution in [0.5, 0.6) is 0 Å². The average molecular weight is 416 g/mol. The number of fused-ring (bicyclic) bond motifs is 1. The summed E-state index contributed by atoms with van der Waals surface area (Å²) in [7, 11) is 0. The standard InChI is InChI=1S/C27H33N3O/c1-2-25(21-8-4-3-5-9-21)30-15-14-22-20-23(12-13-26(22)30)27(31)29-18-16-28(17-19-29)24-10-6-7-11-24/h3-5,8-9,12-15,20,24-25H,2,6-7,10-11,16-19H2,1H3. The third-order valence-corrected chi connectivity index (χ3v) is 7.32. The molecule has 1 atom stereocenters. The van der Waals surface area contributed by atoms with E-state index in [1.54, 1.807) is 0 Å². The predicted octanol–water partition coefficient (Wildman–Crippen LogP) is 5.34. The molecule has 2 aliphatic rings. The Morgan fingerprint density at radius 3 is 2.42 bits per heavy atom. The molecule has 1 aromatic heterocycles. The van der Waals surface area contributed by atoms with E-state index in [1.807, 2.05) is 11.0 Å². The first-order valence-corrected chi connectivity index (χ1v) is 11.9. The van der Waals surface area contributed by atoms with Crippen LogP contribution in [0.25, 0.3) is 10.9 Å². The van der Waals surface area contributed by atoms with Crippen molar-refractivity contribution in [3.63, 3.8) is 0 Å². The summed E-state index contributed by atoms with van der Waals surface area (Å²) < 4.78 is 2.35. The van der Waals surface area contributed by atoms with Crippen molar-refractivity contribution in [2.24, 2.45) is 0 Å². The van der Waals surface area contributed by atoms with Gasteiger partial charge in [-0.15, -0.1) is 0 Å². The lowest BCUT2D eigenvalue weighted by molar-refractivity contribution is 0.0573. The number of aromatic nitrogens is 1. The monoisotopic (exact) mass is 415 g/mol. The molecule has 1 saturated carbocycles. The summed E-state index contributed by atoms with van der Waals surface area (Å²) in [5, 5.41) is 1.14. The molecule has 1 amide bonds. The molecule has 31 heavy (non-hydrogen) atoms. The SMILES string of the molecule is CCC(c1ccccc1)n1ccc2cc(C(=O)N3CCN(C4CCCC4)CC3)ccc21. The molecule has 1 unspecified atom stereocenters. The van der Waals surface area contributed by atoms with E-state index in [0.717, 1.165) is 49.6 Å². The van der Waals surface area contributed by atoms with Gasteiger partial charge in [0.15, 0.2) is 0 Å². The van der Waals surface area contributed by atoms with E-state index in [0.29, 0.717) is 6.04 Å². The normalized spacial score (nSPS) is 19.2. The molecule has 2 aromatic carbocycles. The lowest BCUT2D eigenvalue weighted by atomic mass is 10.0. The summed E-state index contributed by atoms with van der Waals surface area (Å²) in [6, 6.07) is 20.1. The number of benzene rings is 2. The van der Waals surface area contributed by atoms with Crippen LogP contribution in [-0.2, 0) is 0 Å². The van der Waals surface area contributed by atoms with Crippen LogP contribution < -0.4 is 0 Å². The van der Waals surface area contributed by atoms with Crippen molar-refractivity contribution in [3.8, 4) is 0 Å². The van der Waals surface area contributed by atoms with E-state index in [2.05, 4.69) is 71.1 Å². The van der Waals surface area contributed by atoms with Crippen molar-refractivity contribution in [1.82, 2.24) is 14.4 Å².